The molecule has 8 heteroatoms. The van der Waals surface area contributed by atoms with Crippen LogP contribution in [0.15, 0.2) is 36.5 Å². The van der Waals surface area contributed by atoms with Crippen LogP contribution in [-0.2, 0) is 9.53 Å². The first kappa shape index (κ1) is 22.0. The lowest BCUT2D eigenvalue weighted by Gasteiger charge is -2.21. The molecule has 2 amide bonds. The summed E-state index contributed by atoms with van der Waals surface area (Å²) in [5, 5.41) is 5.16. The van der Waals surface area contributed by atoms with Crippen molar-refractivity contribution < 1.29 is 23.8 Å². The SMILES string of the molecule is COc1cc(C)ccc1Oc1ccc(NC(=O)C(C)NC(=O)OC(C)(C)C)cn1. The second-order valence-corrected chi connectivity index (χ2v) is 7.50. The van der Waals surface area contributed by atoms with E-state index in [1.165, 1.54) is 6.20 Å². The van der Waals surface area contributed by atoms with Gasteiger partial charge in [-0.15, -0.1) is 0 Å². The first-order valence-corrected chi connectivity index (χ1v) is 9.16. The monoisotopic (exact) mass is 401 g/mol. The average molecular weight is 401 g/mol. The number of nitrogens with one attached hydrogen (secondary N) is 2. The number of aryl methyl sites for hydroxylation is 1. The molecule has 2 rings (SSSR count). The minimum atomic E-state index is -0.780. The number of methoxy groups -OCH3 is 1. The van der Waals surface area contributed by atoms with E-state index >= 15 is 0 Å². The molecule has 0 aliphatic rings. The van der Waals surface area contributed by atoms with E-state index in [1.54, 1.807) is 53.0 Å². The van der Waals surface area contributed by atoms with Crippen molar-refractivity contribution >= 4 is 17.7 Å². The van der Waals surface area contributed by atoms with Crippen molar-refractivity contribution in [3.63, 3.8) is 0 Å². The number of pyridine rings is 1. The molecule has 1 heterocycles. The molecule has 2 N–H and O–H groups in total. The van der Waals surface area contributed by atoms with Crippen LogP contribution in [0.25, 0.3) is 0 Å². The van der Waals surface area contributed by atoms with E-state index in [-0.39, 0.29) is 0 Å². The summed E-state index contributed by atoms with van der Waals surface area (Å²) in [5.74, 6) is 1.10. The summed E-state index contributed by atoms with van der Waals surface area (Å²) in [5.41, 5.74) is 0.880. The summed E-state index contributed by atoms with van der Waals surface area (Å²) in [6, 6.07) is 8.07. The molecule has 156 valence electrons. The molecule has 0 bridgehead atoms. The van der Waals surface area contributed by atoms with Gasteiger partial charge in [0.2, 0.25) is 11.8 Å². The molecule has 2 aromatic rings. The van der Waals surface area contributed by atoms with Gasteiger partial charge in [-0.2, -0.15) is 0 Å². The zero-order valence-electron chi connectivity index (χ0n) is 17.5. The summed E-state index contributed by atoms with van der Waals surface area (Å²) in [6.07, 6.45) is 0.808. The van der Waals surface area contributed by atoms with Gasteiger partial charge in [0.1, 0.15) is 11.6 Å². The fourth-order valence-corrected chi connectivity index (χ4v) is 2.29. The molecule has 8 nitrogen and oxygen atoms in total. The maximum absolute atomic E-state index is 12.2. The molecule has 0 spiro atoms. The third kappa shape index (κ3) is 6.99. The van der Waals surface area contributed by atoms with Crippen LogP contribution in [0, 0.1) is 6.92 Å². The molecular formula is C21H27N3O5. The Bertz CT molecular complexity index is 860. The smallest absolute Gasteiger partial charge is 0.408 e. The second kappa shape index (κ2) is 9.27. The molecule has 0 aliphatic carbocycles. The summed E-state index contributed by atoms with van der Waals surface area (Å²) in [4.78, 5) is 28.2. The van der Waals surface area contributed by atoms with Crippen LogP contribution >= 0.6 is 0 Å². The van der Waals surface area contributed by atoms with Crippen molar-refractivity contribution in [1.82, 2.24) is 10.3 Å². The predicted octanol–water partition coefficient (Wildman–Crippen LogP) is 4.04. The minimum absolute atomic E-state index is 0.352. The molecule has 0 saturated carbocycles. The topological polar surface area (TPSA) is 98.8 Å². The Morgan fingerprint density at radius 3 is 2.41 bits per heavy atom. The maximum atomic E-state index is 12.2. The molecular weight excluding hydrogens is 374 g/mol. The van der Waals surface area contributed by atoms with Crippen molar-refractivity contribution in [3.05, 3.63) is 42.1 Å². The zero-order chi connectivity index (χ0) is 21.6. The van der Waals surface area contributed by atoms with E-state index in [9.17, 15) is 9.59 Å². The Morgan fingerprint density at radius 1 is 1.10 bits per heavy atom. The van der Waals surface area contributed by atoms with Gasteiger partial charge in [-0.05, 0) is 58.4 Å². The number of benzene rings is 1. The van der Waals surface area contributed by atoms with Gasteiger partial charge in [-0.25, -0.2) is 9.78 Å². The Kier molecular flexibility index (Phi) is 7.03. The number of aromatic nitrogens is 1. The summed E-state index contributed by atoms with van der Waals surface area (Å²) >= 11 is 0. The molecule has 0 saturated heterocycles. The van der Waals surface area contributed by atoms with Crippen molar-refractivity contribution in [2.75, 3.05) is 12.4 Å². The van der Waals surface area contributed by atoms with Crippen molar-refractivity contribution in [2.45, 2.75) is 46.3 Å². The number of anilines is 1. The van der Waals surface area contributed by atoms with Crippen LogP contribution in [0.5, 0.6) is 17.4 Å². The van der Waals surface area contributed by atoms with Crippen LogP contribution in [0.3, 0.4) is 0 Å². The normalized spacial score (nSPS) is 11.9. The second-order valence-electron chi connectivity index (χ2n) is 7.50. The fraction of sp³-hybridized carbons (Fsp3) is 0.381. The summed E-state index contributed by atoms with van der Waals surface area (Å²) in [6.45, 7) is 8.77. The number of alkyl carbamates (subject to hydrolysis) is 1. The first-order chi connectivity index (χ1) is 13.6. The predicted molar refractivity (Wildman–Crippen MR) is 110 cm³/mol. The third-order valence-electron chi connectivity index (χ3n) is 3.66. The highest BCUT2D eigenvalue weighted by molar-refractivity contribution is 5.96. The number of amides is 2. The van der Waals surface area contributed by atoms with Gasteiger partial charge in [-0.1, -0.05) is 6.07 Å². The number of carbonyl (C=O) groups is 2. The van der Waals surface area contributed by atoms with Gasteiger partial charge in [0.25, 0.3) is 0 Å². The van der Waals surface area contributed by atoms with Crippen LogP contribution in [-0.4, -0.2) is 35.7 Å². The van der Waals surface area contributed by atoms with Crippen LogP contribution < -0.4 is 20.1 Å². The molecule has 0 aliphatic heterocycles. The summed E-state index contributed by atoms with van der Waals surface area (Å²) < 4.78 is 16.2. The number of rotatable bonds is 6. The first-order valence-electron chi connectivity index (χ1n) is 9.16. The Hall–Kier alpha value is -3.29. The van der Waals surface area contributed by atoms with Crippen molar-refractivity contribution in [2.24, 2.45) is 0 Å². The zero-order valence-corrected chi connectivity index (χ0v) is 17.5. The Balaban J connectivity index is 1.95. The fourth-order valence-electron chi connectivity index (χ4n) is 2.29. The number of hydrogen-bond donors (Lipinski definition) is 2. The van der Waals surface area contributed by atoms with E-state index < -0.39 is 23.6 Å². The van der Waals surface area contributed by atoms with E-state index in [1.807, 2.05) is 19.1 Å². The van der Waals surface area contributed by atoms with Gasteiger partial charge in [-0.3, -0.25) is 4.79 Å². The minimum Gasteiger partial charge on any atom is -0.493 e. The van der Waals surface area contributed by atoms with Gasteiger partial charge < -0.3 is 24.8 Å². The number of nitrogens with zero attached hydrogens (tertiary/aromatic N) is 1. The number of carbonyl (C=O) groups excluding carboxylic acids is 2. The number of hydrogen-bond acceptors (Lipinski definition) is 6. The van der Waals surface area contributed by atoms with E-state index in [0.717, 1.165) is 5.56 Å². The molecule has 29 heavy (non-hydrogen) atoms. The van der Waals surface area contributed by atoms with E-state index in [4.69, 9.17) is 14.2 Å². The molecule has 1 aromatic heterocycles. The quantitative estimate of drug-likeness (QED) is 0.758. The van der Waals surface area contributed by atoms with Gasteiger partial charge in [0.15, 0.2) is 11.5 Å². The summed E-state index contributed by atoms with van der Waals surface area (Å²) in [7, 11) is 1.57. The standard InChI is InChI=1S/C21H27N3O5/c1-13-7-9-16(17(11-13)27-6)28-18-10-8-15(12-22-18)24-19(25)14(2)23-20(26)29-21(3,4)5/h7-12,14H,1-6H3,(H,23,26)(H,24,25). The van der Waals surface area contributed by atoms with Crippen LogP contribution in [0.2, 0.25) is 0 Å². The Morgan fingerprint density at radius 2 is 1.83 bits per heavy atom. The van der Waals surface area contributed by atoms with Crippen LogP contribution in [0.1, 0.15) is 33.3 Å². The van der Waals surface area contributed by atoms with E-state index in [0.29, 0.717) is 23.1 Å². The lowest BCUT2D eigenvalue weighted by Crippen LogP contribution is -2.43. The Labute approximate surface area is 170 Å². The van der Waals surface area contributed by atoms with Crippen molar-refractivity contribution in [1.29, 1.82) is 0 Å². The highest BCUT2D eigenvalue weighted by atomic mass is 16.6. The van der Waals surface area contributed by atoms with E-state index in [2.05, 4.69) is 15.6 Å². The van der Waals surface area contributed by atoms with Gasteiger partial charge in [0.05, 0.1) is 19.0 Å². The van der Waals surface area contributed by atoms with Crippen molar-refractivity contribution in [3.8, 4) is 17.4 Å². The molecule has 0 fully saturated rings. The number of ether oxygens (including phenoxy) is 3. The van der Waals surface area contributed by atoms with Gasteiger partial charge >= 0.3 is 6.09 Å². The lowest BCUT2D eigenvalue weighted by molar-refractivity contribution is -0.117. The molecule has 1 unspecified atom stereocenters. The largest absolute Gasteiger partial charge is 0.493 e. The third-order valence-corrected chi connectivity index (χ3v) is 3.66. The molecule has 0 radical (unpaired) electrons. The average Bonchev–Trinajstić information content (AvgIpc) is 2.63. The lowest BCUT2D eigenvalue weighted by atomic mass is 10.2. The molecule has 1 aromatic carbocycles. The van der Waals surface area contributed by atoms with Gasteiger partial charge in [0, 0.05) is 6.07 Å². The highest BCUT2D eigenvalue weighted by Crippen LogP contribution is 2.31. The maximum Gasteiger partial charge on any atom is 0.408 e. The molecule has 1 atom stereocenters. The van der Waals surface area contributed by atoms with Crippen LogP contribution in [0.4, 0.5) is 10.5 Å². The highest BCUT2D eigenvalue weighted by Gasteiger charge is 2.21.